The molecule has 0 aliphatic carbocycles. The summed E-state index contributed by atoms with van der Waals surface area (Å²) in [6, 6.07) is 13.4. The number of nitrogens with zero attached hydrogens (tertiary/aromatic N) is 3. The first kappa shape index (κ1) is 20.8. The lowest BCUT2D eigenvalue weighted by Gasteiger charge is -2.12. The number of anilines is 1. The Morgan fingerprint density at radius 3 is 2.61 bits per heavy atom. The van der Waals surface area contributed by atoms with Crippen molar-refractivity contribution in [3.8, 4) is 17.0 Å². The Balaban J connectivity index is 1.51. The summed E-state index contributed by atoms with van der Waals surface area (Å²) in [4.78, 5) is 8.75. The normalized spacial score (nSPS) is 11.1. The molecule has 0 spiro atoms. The Bertz CT molecular complexity index is 1230. The molecule has 0 aliphatic rings. The second-order valence-corrected chi connectivity index (χ2v) is 7.69. The summed E-state index contributed by atoms with van der Waals surface area (Å²) in [5.41, 5.74) is 5.67. The summed E-state index contributed by atoms with van der Waals surface area (Å²) >= 11 is 0. The molecule has 0 radical (unpaired) electrons. The number of rotatable bonds is 7. The van der Waals surface area contributed by atoms with Gasteiger partial charge < -0.3 is 14.6 Å². The van der Waals surface area contributed by atoms with Gasteiger partial charge in [-0.3, -0.25) is 0 Å². The maximum atomic E-state index is 14.5. The van der Waals surface area contributed by atoms with Crippen LogP contribution in [0.5, 0.6) is 5.75 Å². The van der Waals surface area contributed by atoms with Crippen LogP contribution in [0.3, 0.4) is 0 Å². The zero-order valence-corrected chi connectivity index (χ0v) is 18.4. The highest BCUT2D eigenvalue weighted by Crippen LogP contribution is 2.27. The van der Waals surface area contributed by atoms with Crippen molar-refractivity contribution < 1.29 is 9.13 Å². The average molecular weight is 419 g/mol. The van der Waals surface area contributed by atoms with Crippen molar-refractivity contribution >= 4 is 16.7 Å². The van der Waals surface area contributed by atoms with Gasteiger partial charge in [-0.1, -0.05) is 18.2 Å². The Labute approximate surface area is 181 Å². The first-order valence-electron chi connectivity index (χ1n) is 10.5. The van der Waals surface area contributed by atoms with Crippen molar-refractivity contribution in [2.75, 3.05) is 18.5 Å². The molecule has 4 rings (SSSR count). The number of aryl methyl sites for hydroxylation is 3. The fourth-order valence-electron chi connectivity index (χ4n) is 3.87. The van der Waals surface area contributed by atoms with E-state index < -0.39 is 0 Å². The number of hydrogen-bond donors (Lipinski definition) is 1. The summed E-state index contributed by atoms with van der Waals surface area (Å²) < 4.78 is 22.2. The third-order valence-corrected chi connectivity index (χ3v) is 5.53. The van der Waals surface area contributed by atoms with Crippen LogP contribution in [-0.2, 0) is 6.54 Å². The summed E-state index contributed by atoms with van der Waals surface area (Å²) in [5, 5.41) is 4.31. The Morgan fingerprint density at radius 2 is 1.81 bits per heavy atom. The van der Waals surface area contributed by atoms with Gasteiger partial charge in [0.2, 0.25) is 0 Å². The van der Waals surface area contributed by atoms with Crippen molar-refractivity contribution in [2.45, 2.75) is 34.2 Å². The molecule has 0 saturated heterocycles. The van der Waals surface area contributed by atoms with Crippen LogP contribution in [0, 0.1) is 26.6 Å². The number of aromatic nitrogens is 3. The molecule has 1 N–H and O–H groups in total. The molecule has 4 aromatic rings. The fourth-order valence-corrected chi connectivity index (χ4v) is 3.87. The lowest BCUT2D eigenvalue weighted by molar-refractivity contribution is 0.338. The van der Waals surface area contributed by atoms with Gasteiger partial charge in [-0.2, -0.15) is 0 Å². The Hall–Kier alpha value is -3.41. The topological polar surface area (TPSA) is 52.0 Å². The van der Waals surface area contributed by atoms with Crippen molar-refractivity contribution in [3.63, 3.8) is 0 Å². The van der Waals surface area contributed by atoms with Crippen molar-refractivity contribution in [1.29, 1.82) is 0 Å². The minimum absolute atomic E-state index is 0.192. The quantitative estimate of drug-likeness (QED) is 0.420. The molecule has 2 heterocycles. The highest BCUT2D eigenvalue weighted by Gasteiger charge is 2.12. The summed E-state index contributed by atoms with van der Waals surface area (Å²) in [5.74, 6) is 1.40. The third kappa shape index (κ3) is 4.24. The molecule has 2 aromatic carbocycles. The molecular formula is C25H27FN4O. The fraction of sp³-hybridized carbons (Fsp3) is 0.280. The summed E-state index contributed by atoms with van der Waals surface area (Å²) in [7, 11) is 0. The van der Waals surface area contributed by atoms with Gasteiger partial charge in [-0.25, -0.2) is 14.4 Å². The van der Waals surface area contributed by atoms with Crippen LogP contribution in [0.15, 0.2) is 48.8 Å². The maximum Gasteiger partial charge on any atom is 0.147 e. The molecule has 2 aromatic heterocycles. The van der Waals surface area contributed by atoms with E-state index in [0.29, 0.717) is 25.2 Å². The highest BCUT2D eigenvalue weighted by atomic mass is 19.1. The lowest BCUT2D eigenvalue weighted by Crippen LogP contribution is -2.13. The van der Waals surface area contributed by atoms with E-state index in [0.717, 1.165) is 45.0 Å². The van der Waals surface area contributed by atoms with Crippen LogP contribution < -0.4 is 10.1 Å². The molecule has 0 saturated carbocycles. The molecule has 0 unspecified atom stereocenters. The van der Waals surface area contributed by atoms with Gasteiger partial charge in [0, 0.05) is 35.8 Å². The van der Waals surface area contributed by atoms with E-state index in [1.165, 1.54) is 6.07 Å². The number of hydrogen-bond acceptors (Lipinski definition) is 4. The van der Waals surface area contributed by atoms with Gasteiger partial charge in [-0.15, -0.1) is 0 Å². The van der Waals surface area contributed by atoms with Crippen LogP contribution in [0.1, 0.15) is 23.7 Å². The molecule has 0 bridgehead atoms. The molecule has 0 amide bonds. The van der Waals surface area contributed by atoms with Crippen molar-refractivity contribution in [1.82, 2.24) is 14.5 Å². The highest BCUT2D eigenvalue weighted by molar-refractivity contribution is 5.85. The SMILES string of the molecule is CCOc1cc(-c2cc(NCCn3c(C)cc4c(C)ccc(F)c43)ncn2)ccc1C. The largest absolute Gasteiger partial charge is 0.494 e. The monoisotopic (exact) mass is 418 g/mol. The van der Waals surface area contributed by atoms with Crippen LogP contribution in [-0.4, -0.2) is 27.7 Å². The number of fused-ring (bicyclic) bond motifs is 1. The predicted molar refractivity (Wildman–Crippen MR) is 123 cm³/mol. The molecular weight excluding hydrogens is 391 g/mol. The van der Waals surface area contributed by atoms with E-state index in [4.69, 9.17) is 4.74 Å². The number of benzene rings is 2. The standard InChI is InChI=1S/C25H27FN4O/c1-5-31-23-13-19(8-6-17(23)3)22-14-24(29-15-28-22)27-10-11-30-18(4)12-20-16(2)7-9-21(26)25(20)30/h6-9,12-15H,5,10-11H2,1-4H3,(H,27,28,29). The van der Waals surface area contributed by atoms with Crippen LogP contribution in [0.2, 0.25) is 0 Å². The van der Waals surface area contributed by atoms with Crippen LogP contribution in [0.25, 0.3) is 22.2 Å². The van der Waals surface area contributed by atoms with E-state index in [1.807, 2.05) is 68.7 Å². The lowest BCUT2D eigenvalue weighted by atomic mass is 10.1. The van der Waals surface area contributed by atoms with E-state index in [1.54, 1.807) is 6.33 Å². The maximum absolute atomic E-state index is 14.5. The molecule has 31 heavy (non-hydrogen) atoms. The minimum Gasteiger partial charge on any atom is -0.494 e. The first-order valence-corrected chi connectivity index (χ1v) is 10.5. The predicted octanol–water partition coefficient (Wildman–Crippen LogP) is 5.67. The van der Waals surface area contributed by atoms with Gasteiger partial charge in [0.1, 0.15) is 23.7 Å². The molecule has 160 valence electrons. The minimum atomic E-state index is -0.192. The molecule has 0 fully saturated rings. The molecule has 6 heteroatoms. The molecule has 0 aliphatic heterocycles. The van der Waals surface area contributed by atoms with Gasteiger partial charge in [0.05, 0.1) is 17.8 Å². The van der Waals surface area contributed by atoms with E-state index >= 15 is 0 Å². The average Bonchev–Trinajstić information content (AvgIpc) is 3.10. The van der Waals surface area contributed by atoms with Crippen molar-refractivity contribution in [2.24, 2.45) is 0 Å². The van der Waals surface area contributed by atoms with Crippen LogP contribution >= 0.6 is 0 Å². The second-order valence-electron chi connectivity index (χ2n) is 7.69. The van der Waals surface area contributed by atoms with E-state index in [9.17, 15) is 4.39 Å². The van der Waals surface area contributed by atoms with Gasteiger partial charge in [0.15, 0.2) is 0 Å². The first-order chi connectivity index (χ1) is 15.0. The Morgan fingerprint density at radius 1 is 1.00 bits per heavy atom. The summed E-state index contributed by atoms with van der Waals surface area (Å²) in [6.45, 7) is 9.89. The van der Waals surface area contributed by atoms with Gasteiger partial charge in [0.25, 0.3) is 0 Å². The number of halogens is 1. The third-order valence-electron chi connectivity index (χ3n) is 5.53. The molecule has 0 atom stereocenters. The zero-order chi connectivity index (χ0) is 22.0. The van der Waals surface area contributed by atoms with Crippen molar-refractivity contribution in [3.05, 3.63) is 71.4 Å². The zero-order valence-electron chi connectivity index (χ0n) is 18.4. The number of ether oxygens (including phenoxy) is 1. The van der Waals surface area contributed by atoms with Gasteiger partial charge in [-0.05, 0) is 57.0 Å². The smallest absolute Gasteiger partial charge is 0.147 e. The van der Waals surface area contributed by atoms with Crippen LogP contribution in [0.4, 0.5) is 10.2 Å². The second kappa shape index (κ2) is 8.76. The molecule has 5 nitrogen and oxygen atoms in total. The summed E-state index contributed by atoms with van der Waals surface area (Å²) in [6.07, 6.45) is 1.55. The van der Waals surface area contributed by atoms with E-state index in [2.05, 4.69) is 15.3 Å². The van der Waals surface area contributed by atoms with E-state index in [-0.39, 0.29) is 5.82 Å². The number of nitrogens with one attached hydrogen (secondary N) is 1. The Kier molecular flexibility index (Phi) is 5.89. The van der Waals surface area contributed by atoms with Gasteiger partial charge >= 0.3 is 0 Å².